The molecule has 1 atom stereocenters. The average molecular weight is 306 g/mol. The lowest BCUT2D eigenvalue weighted by Crippen LogP contribution is -2.34. The predicted molar refractivity (Wildman–Crippen MR) is 74.6 cm³/mol. The largest absolute Gasteiger partial charge is 0.361 e. The molecule has 1 unspecified atom stereocenters. The molecule has 2 aromatic rings. The van der Waals surface area contributed by atoms with E-state index >= 15 is 0 Å². The maximum absolute atomic E-state index is 12.1. The molecule has 0 aliphatic carbocycles. The Labute approximate surface area is 122 Å². The number of aromatic nitrogens is 1. The molecule has 0 radical (unpaired) electrons. The van der Waals surface area contributed by atoms with Crippen LogP contribution in [0.2, 0.25) is 0 Å². The van der Waals surface area contributed by atoms with Gasteiger partial charge in [0.1, 0.15) is 5.76 Å². The molecule has 21 heavy (non-hydrogen) atoms. The molecule has 7 heteroatoms. The van der Waals surface area contributed by atoms with Crippen molar-refractivity contribution in [2.24, 2.45) is 0 Å². The first-order valence-electron chi connectivity index (χ1n) is 6.53. The number of hydrogen-bond donors (Lipinski definition) is 1. The van der Waals surface area contributed by atoms with Gasteiger partial charge in [-0.2, -0.15) is 0 Å². The van der Waals surface area contributed by atoms with E-state index in [1.807, 2.05) is 0 Å². The molecular weight excluding hydrogens is 292 g/mol. The maximum Gasteiger partial charge on any atom is 0.273 e. The van der Waals surface area contributed by atoms with Crippen LogP contribution in [0.5, 0.6) is 0 Å². The minimum absolute atomic E-state index is 0.0206. The Kier molecular flexibility index (Phi) is 3.29. The molecule has 1 amide bonds. The zero-order valence-electron chi connectivity index (χ0n) is 11.4. The zero-order valence-corrected chi connectivity index (χ0v) is 12.2. The normalized spacial score (nSPS) is 19.8. The molecule has 0 saturated carbocycles. The maximum atomic E-state index is 12.1. The van der Waals surface area contributed by atoms with Crippen LogP contribution in [0.3, 0.4) is 0 Å². The van der Waals surface area contributed by atoms with Gasteiger partial charge < -0.3 is 9.84 Å². The van der Waals surface area contributed by atoms with Gasteiger partial charge >= 0.3 is 0 Å². The fourth-order valence-electron chi connectivity index (χ4n) is 2.45. The third-order valence-electron chi connectivity index (χ3n) is 3.47. The monoisotopic (exact) mass is 306 g/mol. The second-order valence-electron chi connectivity index (χ2n) is 4.99. The second-order valence-corrected chi connectivity index (χ2v) is 7.07. The molecule has 1 aliphatic heterocycles. The highest BCUT2D eigenvalue weighted by Crippen LogP contribution is 2.31. The van der Waals surface area contributed by atoms with Crippen LogP contribution < -0.4 is 5.32 Å². The van der Waals surface area contributed by atoms with E-state index in [1.165, 1.54) is 0 Å². The number of sulfone groups is 1. The van der Waals surface area contributed by atoms with Crippen LogP contribution in [0.15, 0.2) is 39.8 Å². The van der Waals surface area contributed by atoms with Crippen LogP contribution in [0.25, 0.3) is 0 Å². The van der Waals surface area contributed by atoms with Gasteiger partial charge in [-0.05, 0) is 25.0 Å². The number of nitrogens with zero attached hydrogens (tertiary/aromatic N) is 1. The Hall–Kier alpha value is -2.15. The van der Waals surface area contributed by atoms with Crippen LogP contribution in [0, 0.1) is 6.92 Å². The first-order chi connectivity index (χ1) is 9.97. The fourth-order valence-corrected chi connectivity index (χ4v) is 4.07. The summed E-state index contributed by atoms with van der Waals surface area (Å²) >= 11 is 0. The lowest BCUT2D eigenvalue weighted by atomic mass is 10.0. The van der Waals surface area contributed by atoms with Gasteiger partial charge in [-0.1, -0.05) is 23.4 Å². The number of carbonyl (C=O) groups is 1. The van der Waals surface area contributed by atoms with Crippen molar-refractivity contribution < 1.29 is 17.7 Å². The van der Waals surface area contributed by atoms with Crippen molar-refractivity contribution in [3.05, 3.63) is 47.3 Å². The van der Waals surface area contributed by atoms with E-state index in [2.05, 4.69) is 10.5 Å². The fraction of sp³-hybridized carbons (Fsp3) is 0.286. The van der Waals surface area contributed by atoms with Crippen LogP contribution in [0.4, 0.5) is 0 Å². The predicted octanol–water partition coefficient (Wildman–Crippen LogP) is 1.63. The summed E-state index contributed by atoms with van der Waals surface area (Å²) in [6, 6.07) is 7.95. The van der Waals surface area contributed by atoms with E-state index in [-0.39, 0.29) is 28.3 Å². The van der Waals surface area contributed by atoms with Gasteiger partial charge in [-0.15, -0.1) is 0 Å². The molecule has 1 aliphatic rings. The lowest BCUT2D eigenvalue weighted by Gasteiger charge is -2.25. The van der Waals surface area contributed by atoms with Crippen LogP contribution in [-0.2, 0) is 9.84 Å². The topological polar surface area (TPSA) is 89.3 Å². The van der Waals surface area contributed by atoms with Gasteiger partial charge in [-0.3, -0.25) is 4.79 Å². The van der Waals surface area contributed by atoms with Crippen molar-refractivity contribution in [3.63, 3.8) is 0 Å². The van der Waals surface area contributed by atoms with Crippen LogP contribution in [-0.4, -0.2) is 25.2 Å². The summed E-state index contributed by atoms with van der Waals surface area (Å²) < 4.78 is 28.9. The number of amides is 1. The summed E-state index contributed by atoms with van der Waals surface area (Å²) in [6.07, 6.45) is 0.349. The van der Waals surface area contributed by atoms with Crippen molar-refractivity contribution >= 4 is 15.7 Å². The Morgan fingerprint density at radius 3 is 2.86 bits per heavy atom. The van der Waals surface area contributed by atoms with E-state index in [1.54, 1.807) is 37.3 Å². The highest BCUT2D eigenvalue weighted by atomic mass is 32.2. The zero-order chi connectivity index (χ0) is 15.0. The summed E-state index contributed by atoms with van der Waals surface area (Å²) in [5.41, 5.74) is 0.815. The van der Waals surface area contributed by atoms with Gasteiger partial charge in [-0.25, -0.2) is 8.42 Å². The summed E-state index contributed by atoms with van der Waals surface area (Å²) in [4.78, 5) is 12.4. The van der Waals surface area contributed by atoms with Crippen molar-refractivity contribution in [2.45, 2.75) is 24.3 Å². The molecule has 0 bridgehead atoms. The number of carbonyl (C=O) groups excluding carboxylic acids is 1. The van der Waals surface area contributed by atoms with Crippen molar-refractivity contribution in [1.29, 1.82) is 0 Å². The van der Waals surface area contributed by atoms with E-state index < -0.39 is 9.84 Å². The quantitative estimate of drug-likeness (QED) is 0.911. The summed E-state index contributed by atoms with van der Waals surface area (Å²) in [5.74, 6) is 0.199. The molecule has 6 nitrogen and oxygen atoms in total. The van der Waals surface area contributed by atoms with Crippen molar-refractivity contribution in [3.8, 4) is 0 Å². The summed E-state index contributed by atoms with van der Waals surface area (Å²) in [7, 11) is -3.26. The molecule has 110 valence electrons. The number of aryl methyl sites for hydroxylation is 1. The molecular formula is C14H14N2O4S. The Balaban J connectivity index is 1.89. The highest BCUT2D eigenvalue weighted by molar-refractivity contribution is 7.91. The second kappa shape index (κ2) is 5.00. The van der Waals surface area contributed by atoms with Crippen molar-refractivity contribution in [1.82, 2.24) is 10.5 Å². The van der Waals surface area contributed by atoms with E-state index in [0.717, 1.165) is 0 Å². The first-order valence-corrected chi connectivity index (χ1v) is 8.18. The smallest absolute Gasteiger partial charge is 0.273 e. The molecule has 1 aromatic heterocycles. The molecule has 1 aromatic carbocycles. The van der Waals surface area contributed by atoms with Crippen LogP contribution >= 0.6 is 0 Å². The summed E-state index contributed by atoms with van der Waals surface area (Å²) in [6.45, 7) is 1.70. The minimum Gasteiger partial charge on any atom is -0.361 e. The van der Waals surface area contributed by atoms with E-state index in [9.17, 15) is 13.2 Å². The molecule has 3 rings (SSSR count). The van der Waals surface area contributed by atoms with Gasteiger partial charge in [0.05, 0.1) is 16.7 Å². The molecule has 2 heterocycles. The number of hydrogen-bond acceptors (Lipinski definition) is 5. The average Bonchev–Trinajstić information content (AvgIpc) is 2.89. The SMILES string of the molecule is Cc1cc(C(=O)NC2CCS(=O)(=O)c3ccccc32)no1. The van der Waals surface area contributed by atoms with Gasteiger partial charge in [0.25, 0.3) is 5.91 Å². The van der Waals surface area contributed by atoms with Gasteiger partial charge in [0.15, 0.2) is 15.5 Å². The number of rotatable bonds is 2. The third-order valence-corrected chi connectivity index (χ3v) is 5.29. The van der Waals surface area contributed by atoms with Gasteiger partial charge in [0.2, 0.25) is 0 Å². The first kappa shape index (κ1) is 13.8. The Morgan fingerprint density at radius 2 is 2.14 bits per heavy atom. The summed E-state index contributed by atoms with van der Waals surface area (Å²) in [5, 5.41) is 6.48. The van der Waals surface area contributed by atoms with Gasteiger partial charge in [0, 0.05) is 6.07 Å². The van der Waals surface area contributed by atoms with E-state index in [0.29, 0.717) is 17.7 Å². The lowest BCUT2D eigenvalue weighted by molar-refractivity contribution is 0.0925. The number of benzene rings is 1. The molecule has 1 N–H and O–H groups in total. The molecule has 0 spiro atoms. The third kappa shape index (κ3) is 2.56. The van der Waals surface area contributed by atoms with Crippen molar-refractivity contribution in [2.75, 3.05) is 5.75 Å². The minimum atomic E-state index is -3.26. The Bertz CT molecular complexity index is 795. The molecule has 0 fully saturated rings. The Morgan fingerprint density at radius 1 is 1.38 bits per heavy atom. The van der Waals surface area contributed by atoms with E-state index in [4.69, 9.17) is 4.52 Å². The molecule has 0 saturated heterocycles. The standard InChI is InChI=1S/C14H14N2O4S/c1-9-8-12(16-20-9)14(17)15-11-6-7-21(18,19)13-5-3-2-4-10(11)13/h2-5,8,11H,6-7H2,1H3,(H,15,17). The number of nitrogens with one attached hydrogen (secondary N) is 1. The number of fused-ring (bicyclic) bond motifs is 1. The van der Waals surface area contributed by atoms with Crippen LogP contribution in [0.1, 0.15) is 34.3 Å². The highest BCUT2D eigenvalue weighted by Gasteiger charge is 2.31.